The van der Waals surface area contributed by atoms with Crippen molar-refractivity contribution in [3.63, 3.8) is 0 Å². The standard InChI is InChI=1S/C19H20FNO6/c1-3-26-15-6-4-5-7-16(15)27-11-17(22)21-18(19(23)24)12-8-9-14(25-2)13(20)10-12/h4-10,18H,3,11H2,1-2H3,(H,21,22)(H,23,24). The van der Waals surface area contributed by atoms with E-state index in [0.29, 0.717) is 18.1 Å². The molecule has 0 saturated carbocycles. The molecule has 0 heterocycles. The minimum Gasteiger partial charge on any atom is -0.494 e. The van der Waals surface area contributed by atoms with Crippen LogP contribution in [0.2, 0.25) is 0 Å². The highest BCUT2D eigenvalue weighted by atomic mass is 19.1. The maximum atomic E-state index is 13.8. The van der Waals surface area contributed by atoms with Crippen molar-refractivity contribution in [1.29, 1.82) is 0 Å². The zero-order chi connectivity index (χ0) is 19.8. The van der Waals surface area contributed by atoms with Crippen LogP contribution in [0.5, 0.6) is 17.2 Å². The van der Waals surface area contributed by atoms with Crippen molar-refractivity contribution < 1.29 is 33.3 Å². The monoisotopic (exact) mass is 377 g/mol. The number of hydrogen-bond donors (Lipinski definition) is 2. The minimum absolute atomic E-state index is 0.0231. The number of rotatable bonds is 9. The predicted molar refractivity (Wildman–Crippen MR) is 94.6 cm³/mol. The Bertz CT molecular complexity index is 811. The van der Waals surface area contributed by atoms with Crippen LogP contribution in [0.1, 0.15) is 18.5 Å². The van der Waals surface area contributed by atoms with E-state index in [4.69, 9.17) is 14.2 Å². The Morgan fingerprint density at radius 1 is 1.11 bits per heavy atom. The summed E-state index contributed by atoms with van der Waals surface area (Å²) in [6.45, 7) is 1.82. The molecule has 1 amide bonds. The Morgan fingerprint density at radius 3 is 2.33 bits per heavy atom. The Labute approximate surface area is 155 Å². The van der Waals surface area contributed by atoms with Crippen molar-refractivity contribution in [3.05, 3.63) is 53.8 Å². The minimum atomic E-state index is -1.43. The molecule has 2 aromatic carbocycles. The van der Waals surface area contributed by atoms with Crippen molar-refractivity contribution in [2.75, 3.05) is 20.3 Å². The Kier molecular flexibility index (Phi) is 6.99. The molecule has 0 aliphatic rings. The lowest BCUT2D eigenvalue weighted by molar-refractivity contribution is -0.142. The molecule has 0 bridgehead atoms. The van der Waals surface area contributed by atoms with Crippen LogP contribution in [0, 0.1) is 5.82 Å². The lowest BCUT2D eigenvalue weighted by Crippen LogP contribution is -2.36. The van der Waals surface area contributed by atoms with E-state index in [1.807, 2.05) is 6.92 Å². The van der Waals surface area contributed by atoms with Crippen molar-refractivity contribution in [2.24, 2.45) is 0 Å². The van der Waals surface area contributed by atoms with Crippen LogP contribution < -0.4 is 19.5 Å². The predicted octanol–water partition coefficient (Wildman–Crippen LogP) is 2.55. The van der Waals surface area contributed by atoms with Crippen LogP contribution in [0.4, 0.5) is 4.39 Å². The van der Waals surface area contributed by atoms with E-state index >= 15 is 0 Å². The van der Waals surface area contributed by atoms with Crippen LogP contribution in [0.3, 0.4) is 0 Å². The number of halogens is 1. The zero-order valence-electron chi connectivity index (χ0n) is 14.9. The first-order valence-corrected chi connectivity index (χ1v) is 8.16. The van der Waals surface area contributed by atoms with Crippen LogP contribution >= 0.6 is 0 Å². The number of amides is 1. The highest BCUT2D eigenvalue weighted by Crippen LogP contribution is 2.26. The summed E-state index contributed by atoms with van der Waals surface area (Å²) in [4.78, 5) is 23.6. The normalized spacial score (nSPS) is 11.4. The largest absolute Gasteiger partial charge is 0.494 e. The van der Waals surface area contributed by atoms with E-state index in [2.05, 4.69) is 5.32 Å². The fourth-order valence-corrected chi connectivity index (χ4v) is 2.34. The molecule has 0 aromatic heterocycles. The number of carboxylic acid groups (broad SMARTS) is 1. The van der Waals surface area contributed by atoms with Crippen LogP contribution in [0.15, 0.2) is 42.5 Å². The van der Waals surface area contributed by atoms with Gasteiger partial charge in [-0.15, -0.1) is 0 Å². The first-order chi connectivity index (χ1) is 13.0. The second-order valence-corrected chi connectivity index (χ2v) is 5.40. The fraction of sp³-hybridized carbons (Fsp3) is 0.263. The molecule has 1 atom stereocenters. The Hall–Kier alpha value is -3.29. The summed E-state index contributed by atoms with van der Waals surface area (Å²) in [6.07, 6.45) is 0. The van der Waals surface area contributed by atoms with Gasteiger partial charge in [-0.3, -0.25) is 4.79 Å². The Morgan fingerprint density at radius 2 is 1.78 bits per heavy atom. The average Bonchev–Trinajstić information content (AvgIpc) is 2.65. The lowest BCUT2D eigenvalue weighted by Gasteiger charge is -2.16. The van der Waals surface area contributed by atoms with Gasteiger partial charge >= 0.3 is 5.97 Å². The molecule has 1 unspecified atom stereocenters. The van der Waals surface area contributed by atoms with E-state index in [1.54, 1.807) is 24.3 Å². The van der Waals surface area contributed by atoms with Gasteiger partial charge in [0.1, 0.15) is 0 Å². The quantitative estimate of drug-likeness (QED) is 0.698. The van der Waals surface area contributed by atoms with Gasteiger partial charge in [-0.2, -0.15) is 0 Å². The molecule has 8 heteroatoms. The molecule has 7 nitrogen and oxygen atoms in total. The van der Waals surface area contributed by atoms with Gasteiger partial charge in [0, 0.05) is 0 Å². The van der Waals surface area contributed by atoms with Gasteiger partial charge in [0.05, 0.1) is 13.7 Å². The maximum Gasteiger partial charge on any atom is 0.330 e. The molecule has 2 rings (SSSR count). The van der Waals surface area contributed by atoms with Gasteiger partial charge in [-0.05, 0) is 36.8 Å². The molecule has 27 heavy (non-hydrogen) atoms. The van der Waals surface area contributed by atoms with E-state index in [0.717, 1.165) is 6.07 Å². The van der Waals surface area contributed by atoms with Crippen molar-refractivity contribution >= 4 is 11.9 Å². The van der Waals surface area contributed by atoms with Crippen LogP contribution in [-0.4, -0.2) is 37.3 Å². The summed E-state index contributed by atoms with van der Waals surface area (Å²) in [5, 5.41) is 11.7. The number of methoxy groups -OCH3 is 1. The number of benzene rings is 2. The second kappa shape index (κ2) is 9.42. The van der Waals surface area contributed by atoms with Gasteiger partial charge in [-0.25, -0.2) is 9.18 Å². The molecule has 0 spiro atoms. The number of carbonyl (C=O) groups is 2. The topological polar surface area (TPSA) is 94.1 Å². The third-order valence-corrected chi connectivity index (χ3v) is 3.57. The number of nitrogens with one attached hydrogen (secondary N) is 1. The molecule has 0 radical (unpaired) electrons. The molecule has 2 N–H and O–H groups in total. The van der Waals surface area contributed by atoms with Crippen molar-refractivity contribution in [3.8, 4) is 17.2 Å². The van der Waals surface area contributed by atoms with Gasteiger partial charge < -0.3 is 24.6 Å². The number of para-hydroxylation sites is 2. The summed E-state index contributed by atoms with van der Waals surface area (Å²) >= 11 is 0. The van der Waals surface area contributed by atoms with Gasteiger partial charge in [0.25, 0.3) is 5.91 Å². The second-order valence-electron chi connectivity index (χ2n) is 5.40. The highest BCUT2D eigenvalue weighted by molar-refractivity contribution is 5.85. The zero-order valence-corrected chi connectivity index (χ0v) is 14.9. The molecule has 2 aromatic rings. The highest BCUT2D eigenvalue weighted by Gasteiger charge is 2.23. The average molecular weight is 377 g/mol. The molecule has 0 saturated heterocycles. The van der Waals surface area contributed by atoms with Gasteiger partial charge in [0.2, 0.25) is 0 Å². The van der Waals surface area contributed by atoms with Crippen molar-refractivity contribution in [1.82, 2.24) is 5.32 Å². The third-order valence-electron chi connectivity index (χ3n) is 3.57. The van der Waals surface area contributed by atoms with E-state index in [9.17, 15) is 19.1 Å². The van der Waals surface area contributed by atoms with E-state index < -0.39 is 30.3 Å². The molecule has 0 aliphatic heterocycles. The SMILES string of the molecule is CCOc1ccccc1OCC(=O)NC(C(=O)O)c1ccc(OC)c(F)c1. The number of ether oxygens (including phenoxy) is 3. The van der Waals surface area contributed by atoms with Gasteiger partial charge in [0.15, 0.2) is 35.7 Å². The molecular weight excluding hydrogens is 357 g/mol. The molecule has 144 valence electrons. The molecule has 0 fully saturated rings. The molecule has 0 aliphatic carbocycles. The van der Waals surface area contributed by atoms with Crippen molar-refractivity contribution in [2.45, 2.75) is 13.0 Å². The van der Waals surface area contributed by atoms with E-state index in [1.165, 1.54) is 19.2 Å². The first kappa shape index (κ1) is 20.0. The number of aliphatic carboxylic acids is 1. The van der Waals surface area contributed by atoms with Crippen LogP contribution in [-0.2, 0) is 9.59 Å². The summed E-state index contributed by atoms with van der Waals surface area (Å²) in [5.41, 5.74) is 0.0730. The maximum absolute atomic E-state index is 13.8. The fourth-order valence-electron chi connectivity index (χ4n) is 2.34. The smallest absolute Gasteiger partial charge is 0.330 e. The van der Waals surface area contributed by atoms with E-state index in [-0.39, 0.29) is 11.3 Å². The first-order valence-electron chi connectivity index (χ1n) is 8.16. The van der Waals surface area contributed by atoms with Crippen LogP contribution in [0.25, 0.3) is 0 Å². The summed E-state index contributed by atoms with van der Waals surface area (Å²) in [6, 6.07) is 9.04. The summed E-state index contributed by atoms with van der Waals surface area (Å²) in [5.74, 6) is -1.92. The summed E-state index contributed by atoms with van der Waals surface area (Å²) in [7, 11) is 1.30. The third kappa shape index (κ3) is 5.34. The number of carboxylic acids is 1. The summed E-state index contributed by atoms with van der Waals surface area (Å²) < 4.78 is 29.4. The number of carbonyl (C=O) groups excluding carboxylic acids is 1. The lowest BCUT2D eigenvalue weighted by atomic mass is 10.1. The molecular formula is C19H20FNO6. The Balaban J connectivity index is 2.05. The number of hydrogen-bond acceptors (Lipinski definition) is 5. The van der Waals surface area contributed by atoms with Gasteiger partial charge in [-0.1, -0.05) is 18.2 Å².